The number of nitrogens with one attached hydrogen (secondary N) is 2. The topological polar surface area (TPSA) is 146 Å². The van der Waals surface area contributed by atoms with Gasteiger partial charge in [0, 0.05) is 17.7 Å². The number of anilines is 1. The summed E-state index contributed by atoms with van der Waals surface area (Å²) in [4.78, 5) is 22.7. The molecule has 12 nitrogen and oxygen atoms in total. The molecule has 0 radical (unpaired) electrons. The summed E-state index contributed by atoms with van der Waals surface area (Å²) < 4.78 is 23.1. The third kappa shape index (κ3) is 5.06. The predicted octanol–water partition coefficient (Wildman–Crippen LogP) is 2.17. The molecule has 0 unspecified atom stereocenters. The maximum Gasteiger partial charge on any atom is 0.405 e. The summed E-state index contributed by atoms with van der Waals surface area (Å²) in [5, 5.41) is 21.5. The van der Waals surface area contributed by atoms with E-state index < -0.39 is 18.5 Å². The molecule has 3 aromatic rings. The van der Waals surface area contributed by atoms with Crippen LogP contribution in [0.25, 0.3) is 16.9 Å². The lowest BCUT2D eigenvalue weighted by Gasteiger charge is -2.15. The first-order valence-electron chi connectivity index (χ1n) is 9.58. The molecule has 0 aliphatic carbocycles. The molecular weight excluding hydrogens is 434 g/mol. The van der Waals surface area contributed by atoms with Crippen molar-refractivity contribution in [3.8, 4) is 39.9 Å². The zero-order valence-electron chi connectivity index (χ0n) is 18.4. The second-order valence-corrected chi connectivity index (χ2v) is 6.54. The maximum atomic E-state index is 12.1. The number of carboxylic acid groups (broad SMARTS) is 1. The Balaban J connectivity index is 2.01. The van der Waals surface area contributed by atoms with E-state index in [2.05, 4.69) is 15.6 Å². The van der Waals surface area contributed by atoms with E-state index in [-0.39, 0.29) is 0 Å². The van der Waals surface area contributed by atoms with Gasteiger partial charge in [0.05, 0.1) is 51.7 Å². The van der Waals surface area contributed by atoms with E-state index in [4.69, 9.17) is 24.1 Å². The average molecular weight is 457 g/mol. The second kappa shape index (κ2) is 10.2. The summed E-state index contributed by atoms with van der Waals surface area (Å²) in [6.07, 6.45) is 0.258. The minimum atomic E-state index is -1.30. The molecule has 3 rings (SSSR count). The van der Waals surface area contributed by atoms with Crippen LogP contribution in [0.1, 0.15) is 0 Å². The van der Waals surface area contributed by atoms with E-state index in [1.54, 1.807) is 41.2 Å². The predicted molar refractivity (Wildman–Crippen MR) is 118 cm³/mol. The Hall–Kier alpha value is -4.48. The Morgan fingerprint density at radius 2 is 1.64 bits per heavy atom. The van der Waals surface area contributed by atoms with Crippen molar-refractivity contribution in [3.63, 3.8) is 0 Å². The molecule has 0 atom stereocenters. The van der Waals surface area contributed by atoms with Crippen LogP contribution in [0, 0.1) is 0 Å². The van der Waals surface area contributed by atoms with Crippen molar-refractivity contribution >= 4 is 17.7 Å². The number of benzene rings is 2. The molecule has 0 spiro atoms. The van der Waals surface area contributed by atoms with Gasteiger partial charge in [0.2, 0.25) is 11.7 Å². The van der Waals surface area contributed by atoms with Gasteiger partial charge in [0.25, 0.3) is 0 Å². The lowest BCUT2D eigenvalue weighted by Crippen LogP contribution is -2.31. The highest BCUT2D eigenvalue weighted by atomic mass is 16.5. The Morgan fingerprint density at radius 1 is 0.970 bits per heavy atom. The molecule has 33 heavy (non-hydrogen) atoms. The second-order valence-electron chi connectivity index (χ2n) is 6.54. The molecule has 0 aliphatic rings. The van der Waals surface area contributed by atoms with Crippen LogP contribution >= 0.6 is 0 Å². The van der Waals surface area contributed by atoms with Crippen molar-refractivity contribution in [1.82, 2.24) is 20.3 Å². The highest BCUT2D eigenvalue weighted by Crippen LogP contribution is 2.40. The molecule has 0 saturated carbocycles. The Kier molecular flexibility index (Phi) is 7.18. The fourth-order valence-electron chi connectivity index (χ4n) is 3.13. The van der Waals surface area contributed by atoms with Crippen molar-refractivity contribution < 1.29 is 33.6 Å². The largest absolute Gasteiger partial charge is 0.495 e. The molecule has 0 aliphatic heterocycles. The quantitative estimate of drug-likeness (QED) is 0.440. The molecule has 0 fully saturated rings. The Bertz CT molecular complexity index is 1140. The van der Waals surface area contributed by atoms with E-state index >= 15 is 0 Å². The number of hydrogen-bond acceptors (Lipinski definition) is 8. The average Bonchev–Trinajstić information content (AvgIpc) is 3.31. The van der Waals surface area contributed by atoms with Gasteiger partial charge in [-0.2, -0.15) is 0 Å². The number of carbonyl (C=O) groups excluding carboxylic acids is 1. The number of ether oxygens (including phenoxy) is 4. The first kappa shape index (κ1) is 23.2. The van der Waals surface area contributed by atoms with Crippen molar-refractivity contribution in [2.24, 2.45) is 0 Å². The van der Waals surface area contributed by atoms with Crippen LogP contribution in [-0.2, 0) is 4.79 Å². The molecule has 2 amide bonds. The SMILES string of the molecule is COc1ccc(-c2cnnn2-c2cc(OC)c(OC)c(OC)c2)cc1NC(=O)CNC(=O)O. The van der Waals surface area contributed by atoms with E-state index in [0.717, 1.165) is 0 Å². The molecule has 2 aromatic carbocycles. The van der Waals surface area contributed by atoms with Crippen LogP contribution in [0.2, 0.25) is 0 Å². The third-order valence-electron chi connectivity index (χ3n) is 4.61. The highest BCUT2D eigenvalue weighted by Gasteiger charge is 2.18. The fraction of sp³-hybridized carbons (Fsp3) is 0.238. The molecule has 1 aromatic heterocycles. The van der Waals surface area contributed by atoms with E-state index in [1.807, 2.05) is 5.32 Å². The van der Waals surface area contributed by atoms with Crippen LogP contribution < -0.4 is 29.6 Å². The number of carbonyl (C=O) groups is 2. The van der Waals surface area contributed by atoms with Crippen molar-refractivity contribution in [3.05, 3.63) is 36.5 Å². The summed E-state index contributed by atoms with van der Waals surface area (Å²) in [5.74, 6) is 1.18. The summed E-state index contributed by atoms with van der Waals surface area (Å²) in [6, 6.07) is 8.57. The van der Waals surface area contributed by atoms with Gasteiger partial charge in [-0.3, -0.25) is 4.79 Å². The number of hydrogen-bond donors (Lipinski definition) is 3. The third-order valence-corrected chi connectivity index (χ3v) is 4.61. The van der Waals surface area contributed by atoms with Crippen LogP contribution in [-0.4, -0.2) is 67.1 Å². The lowest BCUT2D eigenvalue weighted by atomic mass is 10.1. The standard InChI is InChI=1S/C21H23N5O7/c1-30-16-6-5-12(7-14(16)24-19(27)11-22-21(28)29)15-10-23-25-26(15)13-8-17(31-2)20(33-4)18(9-13)32-3/h5-10,22H,11H2,1-4H3,(H,24,27)(H,28,29). The first-order chi connectivity index (χ1) is 15.9. The van der Waals surface area contributed by atoms with Crippen molar-refractivity contribution in [2.45, 2.75) is 0 Å². The van der Waals surface area contributed by atoms with Gasteiger partial charge in [-0.1, -0.05) is 5.21 Å². The normalized spacial score (nSPS) is 10.3. The number of rotatable bonds is 9. The Morgan fingerprint density at radius 3 is 2.21 bits per heavy atom. The van der Waals surface area contributed by atoms with Crippen LogP contribution in [0.3, 0.4) is 0 Å². The van der Waals surface area contributed by atoms with E-state index in [1.165, 1.54) is 28.4 Å². The van der Waals surface area contributed by atoms with Crippen LogP contribution in [0.4, 0.5) is 10.5 Å². The van der Waals surface area contributed by atoms with Crippen molar-refractivity contribution in [1.29, 1.82) is 0 Å². The molecular formula is C21H23N5O7. The van der Waals surface area contributed by atoms with Gasteiger partial charge in [0.1, 0.15) is 12.3 Å². The number of aromatic nitrogens is 3. The molecule has 1 heterocycles. The van der Waals surface area contributed by atoms with Crippen LogP contribution in [0.15, 0.2) is 36.5 Å². The Labute approximate surface area is 189 Å². The molecule has 12 heteroatoms. The van der Waals surface area contributed by atoms with Gasteiger partial charge < -0.3 is 34.7 Å². The lowest BCUT2D eigenvalue weighted by molar-refractivity contribution is -0.115. The molecule has 3 N–H and O–H groups in total. The monoisotopic (exact) mass is 457 g/mol. The molecule has 174 valence electrons. The zero-order chi connectivity index (χ0) is 24.0. The summed E-state index contributed by atoms with van der Waals surface area (Å²) in [7, 11) is 6.00. The highest BCUT2D eigenvalue weighted by molar-refractivity contribution is 5.95. The van der Waals surface area contributed by atoms with Crippen molar-refractivity contribution in [2.75, 3.05) is 40.3 Å². The van der Waals surface area contributed by atoms with Gasteiger partial charge in [-0.05, 0) is 18.2 Å². The van der Waals surface area contributed by atoms with E-state index in [9.17, 15) is 9.59 Å². The summed E-state index contributed by atoms with van der Waals surface area (Å²) in [6.45, 7) is -0.409. The van der Waals surface area contributed by atoms with E-state index in [0.29, 0.717) is 45.6 Å². The van der Waals surface area contributed by atoms with Gasteiger partial charge in [-0.15, -0.1) is 5.10 Å². The minimum Gasteiger partial charge on any atom is -0.495 e. The van der Waals surface area contributed by atoms with Gasteiger partial charge >= 0.3 is 6.09 Å². The smallest absolute Gasteiger partial charge is 0.405 e. The number of amides is 2. The molecule has 0 bridgehead atoms. The maximum absolute atomic E-state index is 12.1. The van der Waals surface area contributed by atoms with Gasteiger partial charge in [-0.25, -0.2) is 9.48 Å². The summed E-state index contributed by atoms with van der Waals surface area (Å²) >= 11 is 0. The zero-order valence-corrected chi connectivity index (χ0v) is 18.4. The fourth-order valence-corrected chi connectivity index (χ4v) is 3.13. The number of nitrogens with zero attached hydrogens (tertiary/aromatic N) is 3. The first-order valence-corrected chi connectivity index (χ1v) is 9.58. The van der Waals surface area contributed by atoms with Crippen LogP contribution in [0.5, 0.6) is 23.0 Å². The molecule has 0 saturated heterocycles. The number of methoxy groups -OCH3 is 4. The summed E-state index contributed by atoms with van der Waals surface area (Å²) in [5.41, 5.74) is 2.22. The van der Waals surface area contributed by atoms with Gasteiger partial charge in [0.15, 0.2) is 11.5 Å². The minimum absolute atomic E-state index is 0.352.